The Morgan fingerprint density at radius 2 is 1.83 bits per heavy atom. The fourth-order valence-electron chi connectivity index (χ4n) is 3.14. The lowest BCUT2D eigenvalue weighted by molar-refractivity contribution is -0.907. The van der Waals surface area contributed by atoms with Crippen LogP contribution in [0.15, 0.2) is 42.5 Å². The van der Waals surface area contributed by atoms with E-state index in [0.29, 0.717) is 18.0 Å². The summed E-state index contributed by atoms with van der Waals surface area (Å²) < 4.78 is 10.5. The van der Waals surface area contributed by atoms with Gasteiger partial charge in [-0.2, -0.15) is 0 Å². The van der Waals surface area contributed by atoms with E-state index in [-0.39, 0.29) is 5.91 Å². The first kappa shape index (κ1) is 16.3. The highest BCUT2D eigenvalue weighted by molar-refractivity contribution is 5.91. The molecule has 3 rings (SSSR count). The molecule has 0 aliphatic carbocycles. The van der Waals surface area contributed by atoms with Crippen molar-refractivity contribution < 1.29 is 19.2 Å². The lowest BCUT2D eigenvalue weighted by atomic mass is 10.00. The van der Waals surface area contributed by atoms with Crippen molar-refractivity contribution in [3.05, 3.63) is 53.6 Å². The summed E-state index contributed by atoms with van der Waals surface area (Å²) >= 11 is 0. The van der Waals surface area contributed by atoms with Crippen LogP contribution < -0.4 is 19.7 Å². The molecule has 2 aromatic carbocycles. The second kappa shape index (κ2) is 7.36. The first-order chi connectivity index (χ1) is 11.7. The Labute approximate surface area is 142 Å². The maximum Gasteiger partial charge on any atom is 0.279 e. The molecule has 0 saturated heterocycles. The molecule has 1 unspecified atom stereocenters. The van der Waals surface area contributed by atoms with Gasteiger partial charge < -0.3 is 19.7 Å². The van der Waals surface area contributed by atoms with E-state index in [1.165, 1.54) is 16.0 Å². The number of carbonyl (C=O) groups excluding carboxylic acids is 1. The van der Waals surface area contributed by atoms with Crippen LogP contribution in [0.25, 0.3) is 0 Å². The first-order valence-electron chi connectivity index (χ1n) is 8.12. The van der Waals surface area contributed by atoms with Crippen LogP contribution in [0.5, 0.6) is 11.5 Å². The number of nitrogens with one attached hydrogen (secondary N) is 2. The van der Waals surface area contributed by atoms with Gasteiger partial charge in [-0.05, 0) is 17.7 Å². The SMILES string of the molecule is COc1ccc(NC(=O)C[NH+]2CCc3ccccc3C2)cc1OC. The van der Waals surface area contributed by atoms with Gasteiger partial charge in [0.1, 0.15) is 6.54 Å². The van der Waals surface area contributed by atoms with E-state index in [0.717, 1.165) is 25.2 Å². The van der Waals surface area contributed by atoms with Crippen molar-refractivity contribution in [2.45, 2.75) is 13.0 Å². The monoisotopic (exact) mass is 327 g/mol. The van der Waals surface area contributed by atoms with Gasteiger partial charge in [0.2, 0.25) is 0 Å². The van der Waals surface area contributed by atoms with E-state index in [9.17, 15) is 4.79 Å². The molecule has 5 heteroatoms. The molecule has 2 aromatic rings. The third-order valence-corrected chi connectivity index (χ3v) is 4.38. The van der Waals surface area contributed by atoms with E-state index in [2.05, 4.69) is 29.6 Å². The number of fused-ring (bicyclic) bond motifs is 1. The summed E-state index contributed by atoms with van der Waals surface area (Å²) in [7, 11) is 3.17. The molecule has 0 bridgehead atoms. The number of anilines is 1. The Balaban J connectivity index is 1.60. The van der Waals surface area contributed by atoms with E-state index < -0.39 is 0 Å². The van der Waals surface area contributed by atoms with Crippen LogP contribution in [-0.4, -0.2) is 33.2 Å². The summed E-state index contributed by atoms with van der Waals surface area (Å²) in [6, 6.07) is 13.9. The Morgan fingerprint density at radius 1 is 1.08 bits per heavy atom. The van der Waals surface area contributed by atoms with E-state index in [1.54, 1.807) is 26.4 Å². The lowest BCUT2D eigenvalue weighted by Crippen LogP contribution is -3.12. The van der Waals surface area contributed by atoms with Crippen molar-refractivity contribution in [1.82, 2.24) is 0 Å². The minimum Gasteiger partial charge on any atom is -0.493 e. The fraction of sp³-hybridized carbons (Fsp3) is 0.316. The summed E-state index contributed by atoms with van der Waals surface area (Å²) in [6.45, 7) is 2.34. The molecule has 1 atom stereocenters. The molecule has 1 aliphatic heterocycles. The summed E-state index contributed by atoms with van der Waals surface area (Å²) in [6.07, 6.45) is 1.02. The third-order valence-electron chi connectivity index (χ3n) is 4.38. The Bertz CT molecular complexity index is 730. The van der Waals surface area contributed by atoms with Gasteiger partial charge in [-0.3, -0.25) is 4.79 Å². The number of carbonyl (C=O) groups is 1. The average molecular weight is 327 g/mol. The van der Waals surface area contributed by atoms with Crippen LogP contribution >= 0.6 is 0 Å². The van der Waals surface area contributed by atoms with Crippen molar-refractivity contribution in [2.75, 3.05) is 32.6 Å². The predicted octanol–water partition coefficient (Wildman–Crippen LogP) is 1.28. The second-order valence-electron chi connectivity index (χ2n) is 5.99. The smallest absolute Gasteiger partial charge is 0.279 e. The van der Waals surface area contributed by atoms with Crippen LogP contribution in [0.4, 0.5) is 5.69 Å². The molecule has 0 radical (unpaired) electrons. The van der Waals surface area contributed by atoms with Crippen LogP contribution in [0.2, 0.25) is 0 Å². The molecular weight excluding hydrogens is 304 g/mol. The minimum atomic E-state index is 0.0107. The fourth-order valence-corrected chi connectivity index (χ4v) is 3.14. The summed E-state index contributed by atoms with van der Waals surface area (Å²) in [5.74, 6) is 1.26. The van der Waals surface area contributed by atoms with Gasteiger partial charge in [0.25, 0.3) is 5.91 Å². The number of hydrogen-bond donors (Lipinski definition) is 2. The number of rotatable bonds is 5. The van der Waals surface area contributed by atoms with Crippen LogP contribution in [0, 0.1) is 0 Å². The first-order valence-corrected chi connectivity index (χ1v) is 8.12. The van der Waals surface area contributed by atoms with Crippen LogP contribution in [0.3, 0.4) is 0 Å². The molecule has 126 valence electrons. The molecule has 2 N–H and O–H groups in total. The summed E-state index contributed by atoms with van der Waals surface area (Å²) in [4.78, 5) is 13.6. The highest BCUT2D eigenvalue weighted by atomic mass is 16.5. The molecule has 0 spiro atoms. The van der Waals surface area contributed by atoms with Crippen LogP contribution in [0.1, 0.15) is 11.1 Å². The molecule has 1 heterocycles. The molecular formula is C19H23N2O3+. The highest BCUT2D eigenvalue weighted by Crippen LogP contribution is 2.29. The minimum absolute atomic E-state index is 0.0107. The maximum atomic E-state index is 12.3. The van der Waals surface area contributed by atoms with Crippen molar-refractivity contribution in [2.24, 2.45) is 0 Å². The zero-order valence-corrected chi connectivity index (χ0v) is 14.1. The Morgan fingerprint density at radius 3 is 2.58 bits per heavy atom. The molecule has 0 saturated carbocycles. The van der Waals surface area contributed by atoms with E-state index in [4.69, 9.17) is 9.47 Å². The van der Waals surface area contributed by atoms with Crippen molar-refractivity contribution in [3.63, 3.8) is 0 Å². The molecule has 0 aromatic heterocycles. The third kappa shape index (κ3) is 3.68. The van der Waals surface area contributed by atoms with Gasteiger partial charge in [-0.1, -0.05) is 24.3 Å². The number of ether oxygens (including phenoxy) is 2. The molecule has 1 amide bonds. The van der Waals surface area contributed by atoms with Crippen molar-refractivity contribution in [1.29, 1.82) is 0 Å². The summed E-state index contributed by atoms with van der Waals surface area (Å²) in [5, 5.41) is 2.94. The van der Waals surface area contributed by atoms with E-state index >= 15 is 0 Å². The molecule has 24 heavy (non-hydrogen) atoms. The number of methoxy groups -OCH3 is 2. The quantitative estimate of drug-likeness (QED) is 0.870. The molecule has 5 nitrogen and oxygen atoms in total. The molecule has 0 fully saturated rings. The van der Waals surface area contributed by atoms with Crippen molar-refractivity contribution in [3.8, 4) is 11.5 Å². The maximum absolute atomic E-state index is 12.3. The van der Waals surface area contributed by atoms with Gasteiger partial charge in [-0.15, -0.1) is 0 Å². The van der Waals surface area contributed by atoms with Gasteiger partial charge in [0.15, 0.2) is 18.0 Å². The highest BCUT2D eigenvalue weighted by Gasteiger charge is 2.21. The topological polar surface area (TPSA) is 52.0 Å². The standard InChI is InChI=1S/C19H22N2O3/c1-23-17-8-7-16(11-18(17)24-2)20-19(22)13-21-10-9-14-5-3-4-6-15(14)12-21/h3-8,11H,9-10,12-13H2,1-2H3,(H,20,22)/p+1. The van der Waals surface area contributed by atoms with Gasteiger partial charge >= 0.3 is 0 Å². The zero-order valence-electron chi connectivity index (χ0n) is 14.1. The van der Waals surface area contributed by atoms with Gasteiger partial charge in [-0.25, -0.2) is 0 Å². The number of amides is 1. The Kier molecular flexibility index (Phi) is 5.01. The van der Waals surface area contributed by atoms with E-state index in [1.807, 2.05) is 6.07 Å². The van der Waals surface area contributed by atoms with Crippen LogP contribution in [-0.2, 0) is 17.8 Å². The second-order valence-corrected chi connectivity index (χ2v) is 5.99. The largest absolute Gasteiger partial charge is 0.493 e. The Hall–Kier alpha value is -2.53. The number of quaternary nitrogens is 1. The number of benzene rings is 2. The average Bonchev–Trinajstić information content (AvgIpc) is 2.61. The lowest BCUT2D eigenvalue weighted by Gasteiger charge is -2.25. The summed E-state index contributed by atoms with van der Waals surface area (Å²) in [5.41, 5.74) is 3.47. The predicted molar refractivity (Wildman–Crippen MR) is 92.7 cm³/mol. The number of hydrogen-bond acceptors (Lipinski definition) is 3. The van der Waals surface area contributed by atoms with Gasteiger partial charge in [0, 0.05) is 23.7 Å². The zero-order chi connectivity index (χ0) is 16.9. The molecule has 1 aliphatic rings. The normalized spacial score (nSPS) is 16.2. The van der Waals surface area contributed by atoms with Gasteiger partial charge in [0.05, 0.1) is 20.8 Å². The van der Waals surface area contributed by atoms with Crippen molar-refractivity contribution >= 4 is 11.6 Å².